The van der Waals surface area contributed by atoms with E-state index in [0.29, 0.717) is 0 Å². The Balaban J connectivity index is 1.81. The maximum absolute atomic E-state index is 13.6. The average Bonchev–Trinajstić information content (AvgIpc) is 2.99. The zero-order valence-electron chi connectivity index (χ0n) is 24.5. The van der Waals surface area contributed by atoms with Gasteiger partial charge in [-0.15, -0.1) is 6.58 Å². The van der Waals surface area contributed by atoms with E-state index in [0.717, 1.165) is 16.7 Å². The Morgan fingerprint density at radius 2 is 1.26 bits per heavy atom. The fraction of sp³-hybridized carbons (Fsp3) is 0.324. The highest BCUT2D eigenvalue weighted by atomic mass is 16.7. The van der Waals surface area contributed by atoms with Gasteiger partial charge >= 0.3 is 11.9 Å². The molecule has 0 radical (unpaired) electrons. The molecular formula is C34H36NO8-. The number of hydrogen-bond donors (Lipinski definition) is 0. The Hall–Kier alpha value is -4.31. The first-order valence-corrected chi connectivity index (χ1v) is 14.0. The number of amides is 1. The van der Waals surface area contributed by atoms with Crippen LogP contribution < -0.4 is 5.11 Å². The minimum atomic E-state index is -1.85. The first-order valence-electron chi connectivity index (χ1n) is 14.0. The Labute approximate surface area is 251 Å². The van der Waals surface area contributed by atoms with Crippen molar-refractivity contribution in [3.05, 3.63) is 120 Å². The molecule has 0 spiro atoms. The van der Waals surface area contributed by atoms with Gasteiger partial charge in [-0.3, -0.25) is 14.4 Å². The third-order valence-corrected chi connectivity index (χ3v) is 7.31. The van der Waals surface area contributed by atoms with Crippen LogP contribution in [0.25, 0.3) is 0 Å². The van der Waals surface area contributed by atoms with Crippen LogP contribution in [-0.4, -0.2) is 66.5 Å². The zero-order valence-corrected chi connectivity index (χ0v) is 24.5. The molecule has 0 unspecified atom stereocenters. The summed E-state index contributed by atoms with van der Waals surface area (Å²) in [7, 11) is 0. The van der Waals surface area contributed by atoms with Crippen LogP contribution >= 0.6 is 0 Å². The second-order valence-corrected chi connectivity index (χ2v) is 10.2. The van der Waals surface area contributed by atoms with Crippen LogP contribution in [0, 0.1) is 0 Å². The zero-order chi connectivity index (χ0) is 31.0. The van der Waals surface area contributed by atoms with Crippen LogP contribution in [0.3, 0.4) is 0 Å². The number of nitrogens with zero attached hydrogens (tertiary/aromatic N) is 1. The van der Waals surface area contributed by atoms with Gasteiger partial charge in [0.1, 0.15) is 11.7 Å². The molecule has 0 aliphatic carbocycles. The molecule has 0 aromatic heterocycles. The summed E-state index contributed by atoms with van der Waals surface area (Å²) in [5.74, 6) is -1.85. The van der Waals surface area contributed by atoms with Crippen LogP contribution in [-0.2, 0) is 38.9 Å². The molecule has 1 amide bonds. The van der Waals surface area contributed by atoms with Gasteiger partial charge in [0.25, 0.3) is 0 Å². The predicted molar refractivity (Wildman–Crippen MR) is 156 cm³/mol. The molecule has 3 aromatic rings. The average molecular weight is 587 g/mol. The Morgan fingerprint density at radius 3 is 1.65 bits per heavy atom. The van der Waals surface area contributed by atoms with Gasteiger partial charge < -0.3 is 29.0 Å². The third kappa shape index (κ3) is 7.02. The largest absolute Gasteiger partial charge is 0.829 e. The van der Waals surface area contributed by atoms with E-state index >= 15 is 0 Å². The summed E-state index contributed by atoms with van der Waals surface area (Å²) in [4.78, 5) is 38.4. The number of carbonyl (C=O) groups is 3. The number of esters is 2. The molecule has 1 aliphatic rings. The number of rotatable bonds is 11. The van der Waals surface area contributed by atoms with Crippen molar-refractivity contribution in [2.24, 2.45) is 0 Å². The van der Waals surface area contributed by atoms with Gasteiger partial charge in [0.2, 0.25) is 5.91 Å². The summed E-state index contributed by atoms with van der Waals surface area (Å²) in [6.45, 7) is 7.09. The van der Waals surface area contributed by atoms with Gasteiger partial charge in [0.15, 0.2) is 12.2 Å². The molecule has 1 heterocycles. The van der Waals surface area contributed by atoms with E-state index in [-0.39, 0.29) is 13.2 Å². The molecule has 0 bridgehead atoms. The van der Waals surface area contributed by atoms with E-state index in [1.165, 1.54) is 31.7 Å². The standard InChI is InChI=1S/C34H36NO8/c1-5-21-35(23(2)36)30-32(42-25(4)38)31(41-24(3)37)29(43-33(30)39)22-40-34(26-15-9-6-10-16-26,27-17-11-7-12-18-27)28-19-13-8-14-20-28/h5-20,29-33H,1,21-22H2,2-4H3/q-1/t29-,30-,31-,32-,33-/m1/s1. The highest BCUT2D eigenvalue weighted by molar-refractivity contribution is 5.74. The normalized spacial score (nSPS) is 21.8. The summed E-state index contributed by atoms with van der Waals surface area (Å²) in [6.07, 6.45) is -4.14. The van der Waals surface area contributed by atoms with Crippen molar-refractivity contribution in [1.82, 2.24) is 4.90 Å². The molecule has 5 atom stereocenters. The van der Waals surface area contributed by atoms with Crippen molar-refractivity contribution in [3.63, 3.8) is 0 Å². The summed E-state index contributed by atoms with van der Waals surface area (Å²) in [6, 6.07) is 27.5. The second kappa shape index (κ2) is 14.2. The first kappa shape index (κ1) is 31.6. The SMILES string of the molecule is C=CCN(C(C)=O)[C@@H]1[C@@H](OC(C)=O)[C@H](OC(C)=O)[C@@H](COC(c2ccccc2)(c2ccccc2)c2ccccc2)O[C@H]1[O-]. The third-order valence-electron chi connectivity index (χ3n) is 7.31. The highest BCUT2D eigenvalue weighted by Crippen LogP contribution is 2.41. The van der Waals surface area contributed by atoms with Gasteiger partial charge in [0.05, 0.1) is 12.6 Å². The quantitative estimate of drug-likeness (QED) is 0.191. The van der Waals surface area contributed by atoms with E-state index in [1.807, 2.05) is 91.0 Å². The van der Waals surface area contributed by atoms with Gasteiger partial charge in [-0.1, -0.05) is 97.1 Å². The van der Waals surface area contributed by atoms with Crippen molar-refractivity contribution in [1.29, 1.82) is 0 Å². The first-order chi connectivity index (χ1) is 20.7. The van der Waals surface area contributed by atoms with E-state index in [1.54, 1.807) is 0 Å². The van der Waals surface area contributed by atoms with E-state index in [2.05, 4.69) is 6.58 Å². The molecule has 0 saturated carbocycles. The summed E-state index contributed by atoms with van der Waals surface area (Å²) < 4.78 is 24.0. The van der Waals surface area contributed by atoms with Crippen molar-refractivity contribution in [2.75, 3.05) is 13.2 Å². The molecule has 0 N–H and O–H groups in total. The molecular weight excluding hydrogens is 550 g/mol. The number of hydrogen-bond acceptors (Lipinski definition) is 8. The summed E-state index contributed by atoms with van der Waals surface area (Å²) in [5.41, 5.74) is 1.28. The monoisotopic (exact) mass is 586 g/mol. The van der Waals surface area contributed by atoms with E-state index < -0.39 is 54.1 Å². The fourth-order valence-electron chi connectivity index (χ4n) is 5.59. The fourth-order valence-corrected chi connectivity index (χ4v) is 5.59. The Bertz CT molecular complexity index is 1280. The molecule has 226 valence electrons. The van der Waals surface area contributed by atoms with Crippen LogP contribution in [0.2, 0.25) is 0 Å². The molecule has 1 saturated heterocycles. The number of carbonyl (C=O) groups excluding carboxylic acids is 3. The summed E-state index contributed by atoms with van der Waals surface area (Å²) >= 11 is 0. The Kier molecular flexibility index (Phi) is 10.5. The molecule has 9 nitrogen and oxygen atoms in total. The minimum Gasteiger partial charge on any atom is -0.829 e. The lowest BCUT2D eigenvalue weighted by atomic mass is 9.80. The lowest BCUT2D eigenvalue weighted by molar-refractivity contribution is -0.525. The van der Waals surface area contributed by atoms with Crippen molar-refractivity contribution in [3.8, 4) is 0 Å². The van der Waals surface area contributed by atoms with Gasteiger partial charge in [-0.25, -0.2) is 0 Å². The molecule has 1 aliphatic heterocycles. The number of benzene rings is 3. The van der Waals surface area contributed by atoms with Crippen molar-refractivity contribution >= 4 is 17.8 Å². The lowest BCUT2D eigenvalue weighted by Gasteiger charge is -2.52. The van der Waals surface area contributed by atoms with Crippen molar-refractivity contribution < 1.29 is 38.4 Å². The lowest BCUT2D eigenvalue weighted by Crippen LogP contribution is -2.70. The topological polar surface area (TPSA) is 114 Å². The van der Waals surface area contributed by atoms with Gasteiger partial charge in [-0.05, 0) is 16.7 Å². The molecule has 4 rings (SSSR count). The van der Waals surface area contributed by atoms with E-state index in [4.69, 9.17) is 18.9 Å². The van der Waals surface area contributed by atoms with Gasteiger partial charge in [0, 0.05) is 33.6 Å². The van der Waals surface area contributed by atoms with Crippen LogP contribution in [0.5, 0.6) is 0 Å². The summed E-state index contributed by atoms with van der Waals surface area (Å²) in [5, 5.41) is 13.6. The Morgan fingerprint density at radius 1 is 0.814 bits per heavy atom. The van der Waals surface area contributed by atoms with Crippen LogP contribution in [0.4, 0.5) is 0 Å². The minimum absolute atomic E-state index is 0.00699. The molecule has 9 heteroatoms. The maximum Gasteiger partial charge on any atom is 0.303 e. The van der Waals surface area contributed by atoms with Gasteiger partial charge in [-0.2, -0.15) is 0 Å². The van der Waals surface area contributed by atoms with Crippen LogP contribution in [0.15, 0.2) is 104 Å². The second-order valence-electron chi connectivity index (χ2n) is 10.2. The van der Waals surface area contributed by atoms with Crippen molar-refractivity contribution in [2.45, 2.75) is 57.0 Å². The highest BCUT2D eigenvalue weighted by Gasteiger charge is 2.50. The molecule has 43 heavy (non-hydrogen) atoms. The maximum atomic E-state index is 13.6. The molecule has 3 aromatic carbocycles. The van der Waals surface area contributed by atoms with E-state index in [9.17, 15) is 19.5 Å². The smallest absolute Gasteiger partial charge is 0.303 e. The number of ether oxygens (including phenoxy) is 4. The molecule has 1 fully saturated rings. The predicted octanol–water partition coefficient (Wildman–Crippen LogP) is 3.35. The van der Waals surface area contributed by atoms with Crippen LogP contribution in [0.1, 0.15) is 37.5 Å².